The quantitative estimate of drug-likeness (QED) is 0.785. The summed E-state index contributed by atoms with van der Waals surface area (Å²) in [7, 11) is 1.78. The van der Waals surface area contributed by atoms with Gasteiger partial charge >= 0.3 is 12.0 Å². The summed E-state index contributed by atoms with van der Waals surface area (Å²) < 4.78 is 1.22. The summed E-state index contributed by atoms with van der Waals surface area (Å²) in [4.78, 5) is 24.0. The average molecular weight is 267 g/mol. The number of carbonyl (C=O) groups is 2. The van der Waals surface area contributed by atoms with Crippen molar-refractivity contribution in [2.24, 2.45) is 0 Å². The number of aliphatic carboxylic acids is 1. The Hall–Kier alpha value is -2.12. The highest BCUT2D eigenvalue weighted by atomic mass is 16.4. The number of aromatic nitrogens is 3. The first-order valence-corrected chi connectivity index (χ1v) is 6.17. The number of carboxylic acids is 1. The van der Waals surface area contributed by atoms with Gasteiger partial charge in [-0.25, -0.2) is 9.48 Å². The third kappa shape index (κ3) is 3.43. The Morgan fingerprint density at radius 1 is 1.58 bits per heavy atom. The maximum Gasteiger partial charge on any atom is 0.325 e. The Morgan fingerprint density at radius 2 is 2.32 bits per heavy atom. The topological polar surface area (TPSA) is 100 Å². The minimum absolute atomic E-state index is 0.141. The number of carboxylic acid groups (broad SMARTS) is 1. The van der Waals surface area contributed by atoms with Crippen LogP contribution in [-0.2, 0) is 17.9 Å². The Kier molecular flexibility index (Phi) is 3.98. The molecule has 0 aromatic carbocycles. The van der Waals surface area contributed by atoms with Crippen LogP contribution in [0, 0.1) is 0 Å². The van der Waals surface area contributed by atoms with Crippen molar-refractivity contribution in [3.8, 4) is 0 Å². The van der Waals surface area contributed by atoms with Gasteiger partial charge in [0, 0.05) is 13.1 Å². The number of amides is 2. The lowest BCUT2D eigenvalue weighted by atomic mass is 9.92. The van der Waals surface area contributed by atoms with Gasteiger partial charge in [-0.15, -0.1) is 5.10 Å². The van der Waals surface area contributed by atoms with Crippen LogP contribution in [-0.4, -0.2) is 50.1 Å². The van der Waals surface area contributed by atoms with E-state index in [0.29, 0.717) is 11.7 Å². The molecule has 2 rings (SSSR count). The minimum Gasteiger partial charge on any atom is -0.480 e. The molecule has 0 bridgehead atoms. The van der Waals surface area contributed by atoms with Crippen LogP contribution in [0.3, 0.4) is 0 Å². The van der Waals surface area contributed by atoms with E-state index in [1.165, 1.54) is 17.3 Å². The first-order chi connectivity index (χ1) is 9.06. The number of carbonyl (C=O) groups excluding carboxylic acids is 1. The van der Waals surface area contributed by atoms with Gasteiger partial charge in [0.15, 0.2) is 0 Å². The van der Waals surface area contributed by atoms with Crippen LogP contribution >= 0.6 is 0 Å². The van der Waals surface area contributed by atoms with Gasteiger partial charge in [0.05, 0.1) is 12.7 Å². The van der Waals surface area contributed by atoms with Crippen LogP contribution in [0.25, 0.3) is 0 Å². The standard InChI is InChI=1S/C11H17N5O3/c1-15(9-3-2-4-9)11(19)12-5-8-6-16(14-13-8)7-10(17)18/h6,9H,2-5,7H2,1H3,(H,12,19)(H,17,18). The molecule has 19 heavy (non-hydrogen) atoms. The monoisotopic (exact) mass is 267 g/mol. The number of rotatable bonds is 5. The number of nitrogens with one attached hydrogen (secondary N) is 1. The molecule has 1 fully saturated rings. The Balaban J connectivity index is 1.79. The molecule has 1 aromatic heterocycles. The third-order valence-corrected chi connectivity index (χ3v) is 3.25. The van der Waals surface area contributed by atoms with Crippen molar-refractivity contribution in [3.05, 3.63) is 11.9 Å². The van der Waals surface area contributed by atoms with Gasteiger partial charge in [-0.1, -0.05) is 5.21 Å². The van der Waals surface area contributed by atoms with E-state index in [2.05, 4.69) is 15.6 Å². The lowest BCUT2D eigenvalue weighted by molar-refractivity contribution is -0.137. The molecule has 8 heteroatoms. The summed E-state index contributed by atoms with van der Waals surface area (Å²) in [6, 6.07) is 0.195. The first kappa shape index (κ1) is 13.3. The minimum atomic E-state index is -0.981. The van der Waals surface area contributed by atoms with Crippen molar-refractivity contribution in [3.63, 3.8) is 0 Å². The first-order valence-electron chi connectivity index (χ1n) is 6.17. The van der Waals surface area contributed by atoms with Crippen LogP contribution in [0.1, 0.15) is 25.0 Å². The van der Waals surface area contributed by atoms with E-state index in [0.717, 1.165) is 12.8 Å². The fourth-order valence-corrected chi connectivity index (χ4v) is 1.87. The predicted molar refractivity (Wildman–Crippen MR) is 65.3 cm³/mol. The van der Waals surface area contributed by atoms with Crippen molar-refractivity contribution in [2.75, 3.05) is 7.05 Å². The van der Waals surface area contributed by atoms with Gasteiger partial charge in [0.1, 0.15) is 12.2 Å². The second kappa shape index (κ2) is 5.68. The smallest absolute Gasteiger partial charge is 0.325 e. The highest BCUT2D eigenvalue weighted by Crippen LogP contribution is 2.23. The third-order valence-electron chi connectivity index (χ3n) is 3.25. The highest BCUT2D eigenvalue weighted by molar-refractivity contribution is 5.74. The molecule has 0 unspecified atom stereocenters. The van der Waals surface area contributed by atoms with Crippen molar-refractivity contribution in [1.82, 2.24) is 25.2 Å². The van der Waals surface area contributed by atoms with Gasteiger partial charge < -0.3 is 15.3 Å². The maximum absolute atomic E-state index is 11.8. The number of hydrogen-bond donors (Lipinski definition) is 2. The van der Waals surface area contributed by atoms with Crippen molar-refractivity contribution < 1.29 is 14.7 Å². The maximum atomic E-state index is 11.8. The Bertz CT molecular complexity index is 469. The fraction of sp³-hybridized carbons (Fsp3) is 0.636. The van der Waals surface area contributed by atoms with Gasteiger partial charge in [0.25, 0.3) is 0 Å². The number of hydrogen-bond acceptors (Lipinski definition) is 4. The summed E-state index contributed by atoms with van der Waals surface area (Å²) in [5, 5.41) is 18.8. The molecule has 0 radical (unpaired) electrons. The normalized spacial score (nSPS) is 14.8. The van der Waals surface area contributed by atoms with E-state index in [4.69, 9.17) is 5.11 Å². The zero-order valence-corrected chi connectivity index (χ0v) is 10.7. The molecular formula is C11H17N5O3. The van der Waals surface area contributed by atoms with E-state index < -0.39 is 5.97 Å². The number of urea groups is 1. The van der Waals surface area contributed by atoms with E-state index in [9.17, 15) is 9.59 Å². The zero-order chi connectivity index (χ0) is 13.8. The molecule has 1 heterocycles. The fourth-order valence-electron chi connectivity index (χ4n) is 1.87. The summed E-state index contributed by atoms with van der Waals surface area (Å²) in [5.41, 5.74) is 0.539. The zero-order valence-electron chi connectivity index (χ0n) is 10.7. The van der Waals surface area contributed by atoms with Crippen LogP contribution in [0.4, 0.5) is 4.79 Å². The van der Waals surface area contributed by atoms with Gasteiger partial charge in [-0.05, 0) is 19.3 Å². The predicted octanol–water partition coefficient (Wildman–Crippen LogP) is 0.0566. The van der Waals surface area contributed by atoms with Crippen LogP contribution in [0.2, 0.25) is 0 Å². The molecule has 2 N–H and O–H groups in total. The molecule has 1 aliphatic carbocycles. The van der Waals surface area contributed by atoms with Gasteiger partial charge in [-0.2, -0.15) is 0 Å². The van der Waals surface area contributed by atoms with E-state index >= 15 is 0 Å². The van der Waals surface area contributed by atoms with Crippen LogP contribution in [0.15, 0.2) is 6.20 Å². The molecule has 8 nitrogen and oxygen atoms in total. The molecule has 0 aliphatic heterocycles. The molecule has 0 atom stereocenters. The van der Waals surface area contributed by atoms with Crippen molar-refractivity contribution in [2.45, 2.75) is 38.4 Å². The SMILES string of the molecule is CN(C(=O)NCc1cn(CC(=O)O)nn1)C1CCC1. The highest BCUT2D eigenvalue weighted by Gasteiger charge is 2.25. The Morgan fingerprint density at radius 3 is 2.89 bits per heavy atom. The summed E-state index contributed by atoms with van der Waals surface area (Å²) in [6.07, 6.45) is 4.79. The molecule has 104 valence electrons. The number of nitrogens with zero attached hydrogens (tertiary/aromatic N) is 4. The summed E-state index contributed by atoms with van der Waals surface area (Å²) in [5.74, 6) is -0.981. The molecule has 1 saturated carbocycles. The second-order valence-corrected chi connectivity index (χ2v) is 4.66. The van der Waals surface area contributed by atoms with Crippen molar-refractivity contribution >= 4 is 12.0 Å². The van der Waals surface area contributed by atoms with Gasteiger partial charge in [0.2, 0.25) is 0 Å². The van der Waals surface area contributed by atoms with Gasteiger partial charge in [-0.3, -0.25) is 4.79 Å². The molecule has 0 saturated heterocycles. The largest absolute Gasteiger partial charge is 0.480 e. The second-order valence-electron chi connectivity index (χ2n) is 4.66. The van der Waals surface area contributed by atoms with Crippen LogP contribution in [0.5, 0.6) is 0 Å². The van der Waals surface area contributed by atoms with E-state index in [-0.39, 0.29) is 19.1 Å². The Labute approximate surface area is 110 Å². The summed E-state index contributed by atoms with van der Waals surface area (Å²) in [6.45, 7) is 0.0123. The van der Waals surface area contributed by atoms with E-state index in [1.807, 2.05) is 0 Å². The molecular weight excluding hydrogens is 250 g/mol. The molecule has 2 amide bonds. The molecule has 1 aromatic rings. The van der Waals surface area contributed by atoms with Crippen LogP contribution < -0.4 is 5.32 Å². The molecule has 0 spiro atoms. The molecule has 1 aliphatic rings. The van der Waals surface area contributed by atoms with Crippen molar-refractivity contribution in [1.29, 1.82) is 0 Å². The summed E-state index contributed by atoms with van der Waals surface area (Å²) >= 11 is 0. The lowest BCUT2D eigenvalue weighted by Gasteiger charge is -2.34. The lowest BCUT2D eigenvalue weighted by Crippen LogP contribution is -2.46. The van der Waals surface area contributed by atoms with E-state index in [1.54, 1.807) is 11.9 Å². The average Bonchev–Trinajstić information content (AvgIpc) is 2.70.